The average molecular weight is 413 g/mol. The number of carbonyl (C=O) groups excluding carboxylic acids is 1. The van der Waals surface area contributed by atoms with Crippen LogP contribution < -0.4 is 4.90 Å². The first-order valence-electron chi connectivity index (χ1n) is 11.5. The van der Waals surface area contributed by atoms with Gasteiger partial charge in [-0.15, -0.1) is 0 Å². The van der Waals surface area contributed by atoms with Crippen molar-refractivity contribution in [3.8, 4) is 0 Å². The summed E-state index contributed by atoms with van der Waals surface area (Å²) in [6, 6.07) is 31.5. The summed E-state index contributed by atoms with van der Waals surface area (Å²) in [6.07, 6.45) is 4.48. The predicted octanol–water partition coefficient (Wildman–Crippen LogP) is 5.36. The van der Waals surface area contributed by atoms with Gasteiger partial charge in [-0.2, -0.15) is 0 Å². The molecule has 1 amide bonds. The molecule has 0 bridgehead atoms. The van der Waals surface area contributed by atoms with Crippen molar-refractivity contribution < 1.29 is 4.79 Å². The van der Waals surface area contributed by atoms with E-state index in [1.165, 1.54) is 11.1 Å². The van der Waals surface area contributed by atoms with E-state index in [1.807, 2.05) is 36.4 Å². The molecule has 1 aliphatic heterocycles. The molecular formula is C28H32N2O. The fraction of sp³-hybridized carbons (Fsp3) is 0.321. The molecule has 1 aliphatic rings. The molecule has 3 aromatic carbocycles. The van der Waals surface area contributed by atoms with E-state index in [4.69, 9.17) is 0 Å². The first kappa shape index (κ1) is 21.3. The van der Waals surface area contributed by atoms with Gasteiger partial charge >= 0.3 is 0 Å². The highest BCUT2D eigenvalue weighted by Gasteiger charge is 2.28. The summed E-state index contributed by atoms with van der Waals surface area (Å²) in [6.45, 7) is 3.18. The van der Waals surface area contributed by atoms with E-state index < -0.39 is 0 Å². The molecule has 0 radical (unpaired) electrons. The highest BCUT2D eigenvalue weighted by molar-refractivity contribution is 5.94. The monoisotopic (exact) mass is 412 g/mol. The van der Waals surface area contributed by atoms with E-state index in [9.17, 15) is 4.79 Å². The Kier molecular flexibility index (Phi) is 7.51. The third-order valence-electron chi connectivity index (χ3n) is 6.26. The molecular weight excluding hydrogens is 380 g/mol. The molecule has 1 fully saturated rings. The van der Waals surface area contributed by atoms with Gasteiger partial charge in [0.1, 0.15) is 0 Å². The second-order valence-electron chi connectivity index (χ2n) is 8.39. The molecule has 160 valence electrons. The lowest BCUT2D eigenvalue weighted by Gasteiger charge is -2.38. The second kappa shape index (κ2) is 10.9. The minimum atomic E-state index is 0.234. The van der Waals surface area contributed by atoms with E-state index in [0.29, 0.717) is 6.42 Å². The molecule has 0 atom stereocenters. The largest absolute Gasteiger partial charge is 0.309 e. The Bertz CT molecular complexity index is 919. The number of rotatable bonds is 8. The van der Waals surface area contributed by atoms with Crippen LogP contribution in [0.4, 0.5) is 5.69 Å². The Balaban J connectivity index is 1.36. The number of piperidine rings is 1. The van der Waals surface area contributed by atoms with Gasteiger partial charge in [-0.3, -0.25) is 4.79 Å². The van der Waals surface area contributed by atoms with Crippen LogP contribution in [0.15, 0.2) is 91.0 Å². The maximum absolute atomic E-state index is 13.3. The number of carbonyl (C=O) groups is 1. The molecule has 3 nitrogen and oxygen atoms in total. The van der Waals surface area contributed by atoms with Crippen LogP contribution >= 0.6 is 0 Å². The van der Waals surface area contributed by atoms with Crippen molar-refractivity contribution in [1.82, 2.24) is 4.90 Å². The fourth-order valence-corrected chi connectivity index (χ4v) is 4.50. The Morgan fingerprint density at radius 3 is 1.84 bits per heavy atom. The summed E-state index contributed by atoms with van der Waals surface area (Å²) in [7, 11) is 0. The summed E-state index contributed by atoms with van der Waals surface area (Å²) in [5.74, 6) is 0.234. The van der Waals surface area contributed by atoms with Crippen LogP contribution in [0, 0.1) is 0 Å². The first-order valence-corrected chi connectivity index (χ1v) is 11.5. The quantitative estimate of drug-likeness (QED) is 0.497. The number of nitrogens with zero attached hydrogens (tertiary/aromatic N) is 2. The van der Waals surface area contributed by atoms with Crippen LogP contribution in [-0.4, -0.2) is 36.5 Å². The maximum Gasteiger partial charge on any atom is 0.227 e. The van der Waals surface area contributed by atoms with Crippen molar-refractivity contribution in [2.75, 3.05) is 24.5 Å². The van der Waals surface area contributed by atoms with E-state index in [0.717, 1.165) is 51.0 Å². The highest BCUT2D eigenvalue weighted by atomic mass is 16.2. The van der Waals surface area contributed by atoms with Gasteiger partial charge in [0, 0.05) is 37.8 Å². The SMILES string of the molecule is O=C(CCc1ccccc1)N(c1ccccc1)C1CCN(CCc2ccccc2)CC1. The highest BCUT2D eigenvalue weighted by Crippen LogP contribution is 2.25. The minimum absolute atomic E-state index is 0.234. The van der Waals surface area contributed by atoms with Crippen molar-refractivity contribution in [3.05, 3.63) is 102 Å². The zero-order valence-corrected chi connectivity index (χ0v) is 18.2. The second-order valence-corrected chi connectivity index (χ2v) is 8.39. The molecule has 0 aliphatic carbocycles. The van der Waals surface area contributed by atoms with Gasteiger partial charge in [0.05, 0.1) is 0 Å². The Morgan fingerprint density at radius 2 is 1.26 bits per heavy atom. The number of likely N-dealkylation sites (tertiary alicyclic amines) is 1. The third-order valence-corrected chi connectivity index (χ3v) is 6.26. The van der Waals surface area contributed by atoms with Crippen LogP contribution in [0.5, 0.6) is 0 Å². The van der Waals surface area contributed by atoms with Gasteiger partial charge in [0.25, 0.3) is 0 Å². The van der Waals surface area contributed by atoms with E-state index in [2.05, 4.69) is 64.4 Å². The standard InChI is InChI=1S/C28H32N2O/c31-28(17-16-24-10-4-1-5-11-24)30(26-14-8-3-9-15-26)27-19-22-29(23-20-27)21-18-25-12-6-2-7-13-25/h1-15,27H,16-23H2. The van der Waals surface area contributed by atoms with E-state index in [1.54, 1.807) is 0 Å². The van der Waals surface area contributed by atoms with Crippen molar-refractivity contribution in [2.45, 2.75) is 38.1 Å². The zero-order valence-electron chi connectivity index (χ0n) is 18.2. The number of benzene rings is 3. The Labute approximate surface area is 186 Å². The lowest BCUT2D eigenvalue weighted by Crippen LogP contribution is -2.48. The molecule has 1 heterocycles. The van der Waals surface area contributed by atoms with Crippen molar-refractivity contribution >= 4 is 11.6 Å². The Morgan fingerprint density at radius 1 is 0.742 bits per heavy atom. The topological polar surface area (TPSA) is 23.6 Å². The van der Waals surface area contributed by atoms with Crippen LogP contribution in [0.1, 0.15) is 30.4 Å². The molecule has 0 unspecified atom stereocenters. The summed E-state index contributed by atoms with van der Waals surface area (Å²) in [4.78, 5) is 17.9. The van der Waals surface area contributed by atoms with Crippen LogP contribution in [0.2, 0.25) is 0 Å². The summed E-state index contributed by atoms with van der Waals surface area (Å²) in [5, 5.41) is 0. The lowest BCUT2D eigenvalue weighted by atomic mass is 10.00. The van der Waals surface area contributed by atoms with Crippen molar-refractivity contribution in [3.63, 3.8) is 0 Å². The molecule has 3 aromatic rings. The van der Waals surface area contributed by atoms with Gasteiger partial charge < -0.3 is 9.80 Å². The average Bonchev–Trinajstić information content (AvgIpc) is 2.84. The minimum Gasteiger partial charge on any atom is -0.309 e. The van der Waals surface area contributed by atoms with E-state index in [-0.39, 0.29) is 11.9 Å². The third kappa shape index (κ3) is 6.05. The molecule has 1 saturated heterocycles. The molecule has 31 heavy (non-hydrogen) atoms. The molecule has 0 saturated carbocycles. The van der Waals surface area contributed by atoms with E-state index >= 15 is 0 Å². The molecule has 0 aromatic heterocycles. The Hall–Kier alpha value is -2.91. The number of hydrogen-bond acceptors (Lipinski definition) is 2. The zero-order chi connectivity index (χ0) is 21.3. The molecule has 0 N–H and O–H groups in total. The fourth-order valence-electron chi connectivity index (χ4n) is 4.50. The molecule has 3 heteroatoms. The van der Waals surface area contributed by atoms with Crippen molar-refractivity contribution in [2.24, 2.45) is 0 Å². The maximum atomic E-state index is 13.3. The number of para-hydroxylation sites is 1. The summed E-state index contributed by atoms with van der Waals surface area (Å²) < 4.78 is 0. The molecule has 0 spiro atoms. The van der Waals surface area contributed by atoms with Gasteiger partial charge in [0.2, 0.25) is 5.91 Å². The van der Waals surface area contributed by atoms with Crippen LogP contribution in [0.3, 0.4) is 0 Å². The number of aryl methyl sites for hydroxylation is 1. The summed E-state index contributed by atoms with van der Waals surface area (Å²) in [5.41, 5.74) is 3.65. The smallest absolute Gasteiger partial charge is 0.227 e. The number of amides is 1. The van der Waals surface area contributed by atoms with Crippen molar-refractivity contribution in [1.29, 1.82) is 0 Å². The summed E-state index contributed by atoms with van der Waals surface area (Å²) >= 11 is 0. The predicted molar refractivity (Wildman–Crippen MR) is 128 cm³/mol. The van der Waals surface area contributed by atoms with Crippen LogP contribution in [0.25, 0.3) is 0 Å². The van der Waals surface area contributed by atoms with Gasteiger partial charge in [-0.25, -0.2) is 0 Å². The van der Waals surface area contributed by atoms with Gasteiger partial charge in [-0.05, 0) is 48.9 Å². The lowest BCUT2D eigenvalue weighted by molar-refractivity contribution is -0.119. The van der Waals surface area contributed by atoms with Gasteiger partial charge in [0.15, 0.2) is 0 Å². The van der Waals surface area contributed by atoms with Crippen LogP contribution in [-0.2, 0) is 17.6 Å². The number of anilines is 1. The normalized spacial score (nSPS) is 15.0. The molecule has 4 rings (SSSR count). The first-order chi connectivity index (χ1) is 15.3. The van der Waals surface area contributed by atoms with Gasteiger partial charge in [-0.1, -0.05) is 78.9 Å². The number of hydrogen-bond donors (Lipinski definition) is 0.